The van der Waals surface area contributed by atoms with E-state index in [0.29, 0.717) is 0 Å². The molecule has 0 saturated heterocycles. The Kier molecular flexibility index (Phi) is 4.97. The van der Waals surface area contributed by atoms with E-state index in [1.165, 1.54) is 5.56 Å². The molecule has 0 unspecified atom stereocenters. The lowest BCUT2D eigenvalue weighted by Crippen LogP contribution is -2.09. The number of allylic oxidation sites excluding steroid dienone is 1. The molecule has 0 aliphatic heterocycles. The zero-order chi connectivity index (χ0) is 11.1. The van der Waals surface area contributed by atoms with Gasteiger partial charge in [0.05, 0.1) is 19.6 Å². The summed E-state index contributed by atoms with van der Waals surface area (Å²) >= 11 is 0. The lowest BCUT2D eigenvalue weighted by Gasteiger charge is -2.21. The van der Waals surface area contributed by atoms with Gasteiger partial charge in [-0.2, -0.15) is 0 Å². The van der Waals surface area contributed by atoms with E-state index in [2.05, 4.69) is 6.58 Å². The monoisotopic (exact) mass is 225 g/mol. The molecule has 0 spiro atoms. The highest BCUT2D eigenvalue weighted by atomic mass is 31.2. The fourth-order valence-electron chi connectivity index (χ4n) is 1.57. The fourth-order valence-corrected chi connectivity index (χ4v) is 3.75. The van der Waals surface area contributed by atoms with E-state index in [1.54, 1.807) is 6.08 Å². The summed E-state index contributed by atoms with van der Waals surface area (Å²) in [6.07, 6.45) is 3.49. The van der Waals surface area contributed by atoms with Crippen molar-refractivity contribution in [3.8, 4) is 0 Å². The lowest BCUT2D eigenvalue weighted by atomic mass is 10.2. The molecule has 2 nitrogen and oxygen atoms in total. The molecule has 2 N–H and O–H groups in total. The molecule has 0 saturated carbocycles. The van der Waals surface area contributed by atoms with E-state index in [-0.39, 0.29) is 12.7 Å². The van der Waals surface area contributed by atoms with Crippen molar-refractivity contribution in [1.29, 1.82) is 0 Å². The van der Waals surface area contributed by atoms with Crippen LogP contribution < -0.4 is 0 Å². The van der Waals surface area contributed by atoms with Crippen molar-refractivity contribution in [1.82, 2.24) is 0 Å². The van der Waals surface area contributed by atoms with Crippen LogP contribution in [0.4, 0.5) is 0 Å². The lowest BCUT2D eigenvalue weighted by molar-refractivity contribution is 0.338. The van der Waals surface area contributed by atoms with Crippen LogP contribution in [-0.4, -0.2) is 29.1 Å². The van der Waals surface area contributed by atoms with Crippen molar-refractivity contribution in [2.45, 2.75) is 6.16 Å². The summed E-state index contributed by atoms with van der Waals surface area (Å²) in [4.78, 5) is 0. The van der Waals surface area contributed by atoms with Crippen LogP contribution in [0.25, 0.3) is 0 Å². The van der Waals surface area contributed by atoms with E-state index in [0.717, 1.165) is 12.3 Å². The summed E-state index contributed by atoms with van der Waals surface area (Å²) in [5.41, 5.74) is 1.18. The van der Waals surface area contributed by atoms with Gasteiger partial charge in [-0.25, -0.2) is 0 Å². The molecular weight excluding hydrogens is 207 g/mol. The van der Waals surface area contributed by atoms with Crippen molar-refractivity contribution in [2.75, 3.05) is 18.9 Å². The van der Waals surface area contributed by atoms with Gasteiger partial charge in [0.1, 0.15) is 0 Å². The second-order valence-corrected chi connectivity index (χ2v) is 7.67. The Labute approximate surface area is 91.6 Å². The van der Waals surface area contributed by atoms with E-state index in [4.69, 9.17) is 0 Å². The van der Waals surface area contributed by atoms with E-state index in [9.17, 15) is 10.2 Å². The Morgan fingerprint density at radius 1 is 1.13 bits per heavy atom. The Hall–Kier alpha value is -0.690. The smallest absolute Gasteiger partial charge is 0.157 e. The summed E-state index contributed by atoms with van der Waals surface area (Å²) in [6, 6.07) is 9.99. The molecule has 15 heavy (non-hydrogen) atoms. The molecule has 0 fully saturated rings. The quantitative estimate of drug-likeness (QED) is 0.576. The van der Waals surface area contributed by atoms with Crippen LogP contribution in [0.1, 0.15) is 5.56 Å². The predicted octanol–water partition coefficient (Wildman–Crippen LogP) is 2.29. The molecule has 1 aromatic carbocycles. The SMILES string of the molecule is C=CC[P+](CO)(CO)Cc1ccccc1. The van der Waals surface area contributed by atoms with Crippen LogP contribution in [0.2, 0.25) is 0 Å². The molecule has 1 aromatic rings. The van der Waals surface area contributed by atoms with Crippen molar-refractivity contribution in [2.24, 2.45) is 0 Å². The van der Waals surface area contributed by atoms with Crippen LogP contribution >= 0.6 is 7.26 Å². The first kappa shape index (κ1) is 12.4. The number of hydrogen-bond acceptors (Lipinski definition) is 2. The number of hydrogen-bond donors (Lipinski definition) is 2. The van der Waals surface area contributed by atoms with Gasteiger partial charge in [0, 0.05) is 0 Å². The Morgan fingerprint density at radius 3 is 2.20 bits per heavy atom. The van der Waals surface area contributed by atoms with Crippen LogP contribution in [0.5, 0.6) is 0 Å². The van der Waals surface area contributed by atoms with Gasteiger partial charge < -0.3 is 10.2 Å². The van der Waals surface area contributed by atoms with E-state index in [1.807, 2.05) is 30.3 Å². The highest BCUT2D eigenvalue weighted by Gasteiger charge is 2.34. The van der Waals surface area contributed by atoms with Gasteiger partial charge in [0.2, 0.25) is 0 Å². The second-order valence-electron chi connectivity index (χ2n) is 3.74. The van der Waals surface area contributed by atoms with Crippen molar-refractivity contribution in [3.05, 3.63) is 48.6 Å². The predicted molar refractivity (Wildman–Crippen MR) is 66.3 cm³/mol. The summed E-state index contributed by atoms with van der Waals surface area (Å²) in [5, 5.41) is 18.8. The number of aliphatic hydroxyl groups excluding tert-OH is 2. The van der Waals surface area contributed by atoms with Crippen LogP contribution in [0.15, 0.2) is 43.0 Å². The van der Waals surface area contributed by atoms with Gasteiger partial charge in [-0.05, 0) is 5.56 Å². The van der Waals surface area contributed by atoms with Gasteiger partial charge in [0.25, 0.3) is 0 Å². The third-order valence-corrected chi connectivity index (χ3v) is 5.75. The first-order valence-electron chi connectivity index (χ1n) is 4.98. The molecule has 0 aliphatic rings. The van der Waals surface area contributed by atoms with E-state index >= 15 is 0 Å². The average molecular weight is 225 g/mol. The molecule has 3 heteroatoms. The average Bonchev–Trinajstić information content (AvgIpc) is 2.30. The second kappa shape index (κ2) is 6.02. The van der Waals surface area contributed by atoms with Crippen molar-refractivity contribution >= 4 is 7.26 Å². The van der Waals surface area contributed by atoms with Gasteiger partial charge in [-0.15, -0.1) is 0 Å². The molecule has 82 valence electrons. The standard InChI is InChI=1S/C12H18O2P/c1-2-8-15(10-13,11-14)9-12-6-4-3-5-7-12/h2-7,13-14H,1,8-11H2/q+1. The Bertz CT molecular complexity index is 294. The third kappa shape index (κ3) is 3.42. The minimum absolute atomic E-state index is 0.0877. The summed E-state index contributed by atoms with van der Waals surface area (Å²) < 4.78 is 0. The topological polar surface area (TPSA) is 40.5 Å². The zero-order valence-corrected chi connectivity index (χ0v) is 9.74. The summed E-state index contributed by atoms with van der Waals surface area (Å²) in [6.45, 7) is 3.69. The molecule has 0 bridgehead atoms. The maximum atomic E-state index is 9.41. The van der Waals surface area contributed by atoms with E-state index < -0.39 is 7.26 Å². The summed E-state index contributed by atoms with van der Waals surface area (Å²) in [5.74, 6) is 0. The highest BCUT2D eigenvalue weighted by molar-refractivity contribution is 7.74. The molecule has 0 atom stereocenters. The van der Waals surface area contributed by atoms with Gasteiger partial charge in [-0.1, -0.05) is 43.0 Å². The fraction of sp³-hybridized carbons (Fsp3) is 0.333. The maximum absolute atomic E-state index is 9.41. The zero-order valence-electron chi connectivity index (χ0n) is 8.84. The largest absolute Gasteiger partial charge is 0.362 e. The molecule has 1 rings (SSSR count). The third-order valence-electron chi connectivity index (χ3n) is 2.48. The van der Waals surface area contributed by atoms with Crippen molar-refractivity contribution in [3.63, 3.8) is 0 Å². The molecule has 0 aromatic heterocycles. The number of benzene rings is 1. The van der Waals surface area contributed by atoms with Crippen LogP contribution in [0, 0.1) is 0 Å². The number of rotatable bonds is 6. The first-order valence-corrected chi connectivity index (χ1v) is 7.51. The van der Waals surface area contributed by atoms with Crippen molar-refractivity contribution < 1.29 is 10.2 Å². The maximum Gasteiger partial charge on any atom is 0.157 e. The minimum Gasteiger partial charge on any atom is -0.362 e. The van der Waals surface area contributed by atoms with Crippen LogP contribution in [0.3, 0.4) is 0 Å². The molecule has 0 heterocycles. The first-order chi connectivity index (χ1) is 7.26. The van der Waals surface area contributed by atoms with Gasteiger partial charge in [0.15, 0.2) is 12.7 Å². The molecule has 0 aliphatic carbocycles. The van der Waals surface area contributed by atoms with Crippen LogP contribution in [-0.2, 0) is 6.16 Å². The Balaban J connectivity index is 2.78. The molecular formula is C12H18O2P+. The number of aliphatic hydroxyl groups is 2. The normalized spacial score (nSPS) is 11.3. The molecule has 0 radical (unpaired) electrons. The molecule has 0 amide bonds. The minimum atomic E-state index is -1.69. The van der Waals surface area contributed by atoms with Gasteiger partial charge >= 0.3 is 0 Å². The Morgan fingerprint density at radius 2 is 1.73 bits per heavy atom. The summed E-state index contributed by atoms with van der Waals surface area (Å²) in [7, 11) is -1.69. The van der Waals surface area contributed by atoms with Gasteiger partial charge in [-0.3, -0.25) is 0 Å². The highest BCUT2D eigenvalue weighted by Crippen LogP contribution is 2.59.